The fourth-order valence-corrected chi connectivity index (χ4v) is 2.16. The zero-order valence-electron chi connectivity index (χ0n) is 12.4. The first-order valence-corrected chi connectivity index (χ1v) is 6.92. The Morgan fingerprint density at radius 2 is 1.83 bits per heavy atom. The number of rotatable bonds is 6. The van der Waals surface area contributed by atoms with Gasteiger partial charge >= 0.3 is 5.97 Å². The van der Waals surface area contributed by atoms with Crippen molar-refractivity contribution in [1.29, 1.82) is 0 Å². The van der Waals surface area contributed by atoms with Crippen LogP contribution in [0.4, 0.5) is 11.4 Å². The van der Waals surface area contributed by atoms with Gasteiger partial charge in [0.2, 0.25) is 5.91 Å². The van der Waals surface area contributed by atoms with E-state index < -0.39 is 12.0 Å². The smallest absolute Gasteiger partial charge is 0.330 e. The molecule has 0 fully saturated rings. The molecular weight excluding hydrogens is 296 g/mol. The van der Waals surface area contributed by atoms with E-state index in [1.165, 1.54) is 13.0 Å². The van der Waals surface area contributed by atoms with Gasteiger partial charge in [-0.2, -0.15) is 0 Å². The molecule has 0 aliphatic heterocycles. The Hall–Kier alpha value is -3.15. The van der Waals surface area contributed by atoms with E-state index in [1.807, 2.05) is 0 Å². The summed E-state index contributed by atoms with van der Waals surface area (Å²) < 4.78 is 0. The number of hydrogen-bond donors (Lipinski definition) is 3. The maximum absolute atomic E-state index is 11.5. The van der Waals surface area contributed by atoms with Gasteiger partial charge in [-0.25, -0.2) is 4.79 Å². The predicted octanol–water partition coefficient (Wildman–Crippen LogP) is 2.70. The van der Waals surface area contributed by atoms with Crippen molar-refractivity contribution < 1.29 is 19.5 Å². The summed E-state index contributed by atoms with van der Waals surface area (Å²) in [7, 11) is 0. The Labute approximate surface area is 133 Å². The van der Waals surface area contributed by atoms with E-state index >= 15 is 0 Å². The Morgan fingerprint density at radius 3 is 2.39 bits per heavy atom. The summed E-state index contributed by atoms with van der Waals surface area (Å²) in [6.07, 6.45) is 0.609. The molecule has 1 unspecified atom stereocenters. The molecule has 1 atom stereocenters. The van der Waals surface area contributed by atoms with E-state index in [0.717, 1.165) is 0 Å². The summed E-state index contributed by atoms with van der Waals surface area (Å²) in [5.41, 5.74) is 1.68. The van der Waals surface area contributed by atoms with Crippen molar-refractivity contribution in [3.63, 3.8) is 0 Å². The molecule has 0 radical (unpaired) electrons. The first-order valence-electron chi connectivity index (χ1n) is 6.92. The molecule has 0 saturated carbocycles. The minimum atomic E-state index is -1.06. The fourth-order valence-electron chi connectivity index (χ4n) is 2.16. The molecule has 23 heavy (non-hydrogen) atoms. The van der Waals surface area contributed by atoms with Gasteiger partial charge < -0.3 is 15.7 Å². The maximum Gasteiger partial charge on any atom is 0.330 e. The molecule has 2 rings (SSSR count). The molecule has 0 saturated heterocycles. The van der Waals surface area contributed by atoms with E-state index in [2.05, 4.69) is 10.6 Å². The number of aliphatic carboxylic acids is 1. The van der Waals surface area contributed by atoms with E-state index in [1.54, 1.807) is 42.5 Å². The highest BCUT2D eigenvalue weighted by Gasteiger charge is 2.20. The minimum Gasteiger partial charge on any atom is -0.479 e. The number of amides is 1. The van der Waals surface area contributed by atoms with Gasteiger partial charge in [0, 0.05) is 23.9 Å². The number of carbonyl (C=O) groups is 3. The third-order valence-electron chi connectivity index (χ3n) is 3.18. The first-order chi connectivity index (χ1) is 11.0. The fraction of sp³-hybridized carbons (Fsp3) is 0.118. The first kappa shape index (κ1) is 16.2. The molecule has 1 amide bonds. The molecule has 6 heteroatoms. The zero-order chi connectivity index (χ0) is 16.8. The van der Waals surface area contributed by atoms with Crippen molar-refractivity contribution in [3.05, 3.63) is 59.7 Å². The highest BCUT2D eigenvalue weighted by molar-refractivity contribution is 5.93. The molecule has 2 aromatic carbocycles. The average Bonchev–Trinajstić information content (AvgIpc) is 2.53. The SMILES string of the molecule is CC(=O)Nc1ccc(NC(C(=O)O)c2ccccc2)c(C=O)c1. The van der Waals surface area contributed by atoms with Crippen molar-refractivity contribution in [2.45, 2.75) is 13.0 Å². The lowest BCUT2D eigenvalue weighted by Gasteiger charge is -2.18. The van der Waals surface area contributed by atoms with Crippen molar-refractivity contribution in [2.75, 3.05) is 10.6 Å². The van der Waals surface area contributed by atoms with Gasteiger partial charge in [-0.1, -0.05) is 30.3 Å². The third kappa shape index (κ3) is 4.16. The lowest BCUT2D eigenvalue weighted by atomic mass is 10.1. The van der Waals surface area contributed by atoms with E-state index in [-0.39, 0.29) is 11.5 Å². The second-order valence-corrected chi connectivity index (χ2v) is 4.93. The van der Waals surface area contributed by atoms with Gasteiger partial charge in [-0.3, -0.25) is 9.59 Å². The normalized spacial score (nSPS) is 11.3. The summed E-state index contributed by atoms with van der Waals surface area (Å²) in [4.78, 5) is 33.8. The van der Waals surface area contributed by atoms with Gasteiger partial charge in [-0.15, -0.1) is 0 Å². The Bertz CT molecular complexity index is 729. The average molecular weight is 312 g/mol. The van der Waals surface area contributed by atoms with Gasteiger partial charge in [0.25, 0.3) is 0 Å². The molecule has 0 aliphatic carbocycles. The molecule has 0 heterocycles. The van der Waals surface area contributed by atoms with Crippen LogP contribution in [0.15, 0.2) is 48.5 Å². The number of nitrogens with one attached hydrogen (secondary N) is 2. The molecule has 118 valence electrons. The number of hydrogen-bond acceptors (Lipinski definition) is 4. The van der Waals surface area contributed by atoms with Crippen molar-refractivity contribution in [2.24, 2.45) is 0 Å². The minimum absolute atomic E-state index is 0.254. The highest BCUT2D eigenvalue weighted by Crippen LogP contribution is 2.24. The number of benzene rings is 2. The maximum atomic E-state index is 11.5. The summed E-state index contributed by atoms with van der Waals surface area (Å²) in [5.74, 6) is -1.31. The summed E-state index contributed by atoms with van der Waals surface area (Å²) in [6.45, 7) is 1.36. The van der Waals surface area contributed by atoms with Crippen LogP contribution in [0.3, 0.4) is 0 Å². The summed E-state index contributed by atoms with van der Waals surface area (Å²) >= 11 is 0. The van der Waals surface area contributed by atoms with Crippen LogP contribution in [-0.4, -0.2) is 23.3 Å². The molecule has 0 aliphatic rings. The number of carbonyl (C=O) groups excluding carboxylic acids is 2. The second kappa shape index (κ2) is 7.22. The van der Waals surface area contributed by atoms with E-state index in [4.69, 9.17) is 0 Å². The molecule has 0 bridgehead atoms. The van der Waals surface area contributed by atoms with Gasteiger partial charge in [0.1, 0.15) is 0 Å². The standard InChI is InChI=1S/C17H16N2O4/c1-11(21)18-14-7-8-15(13(9-14)10-20)19-16(17(22)23)12-5-3-2-4-6-12/h2-10,16,19H,1H3,(H,18,21)(H,22,23). The van der Waals surface area contributed by atoms with E-state index in [0.29, 0.717) is 23.2 Å². The van der Waals surface area contributed by atoms with Crippen LogP contribution in [-0.2, 0) is 9.59 Å². The van der Waals surface area contributed by atoms with Crippen LogP contribution in [0.25, 0.3) is 0 Å². The largest absolute Gasteiger partial charge is 0.479 e. The van der Waals surface area contributed by atoms with Crippen LogP contribution in [0.5, 0.6) is 0 Å². The predicted molar refractivity (Wildman–Crippen MR) is 86.6 cm³/mol. The Morgan fingerprint density at radius 1 is 1.13 bits per heavy atom. The topological polar surface area (TPSA) is 95.5 Å². The van der Waals surface area contributed by atoms with Crippen LogP contribution >= 0.6 is 0 Å². The monoisotopic (exact) mass is 312 g/mol. The van der Waals surface area contributed by atoms with Crippen molar-refractivity contribution >= 4 is 29.5 Å². The highest BCUT2D eigenvalue weighted by atomic mass is 16.4. The summed E-state index contributed by atoms with van der Waals surface area (Å²) in [6, 6.07) is 12.3. The molecule has 3 N–H and O–H groups in total. The second-order valence-electron chi connectivity index (χ2n) is 4.93. The third-order valence-corrected chi connectivity index (χ3v) is 3.18. The number of carboxylic acids is 1. The molecular formula is C17H16N2O4. The molecule has 2 aromatic rings. The van der Waals surface area contributed by atoms with Gasteiger partial charge in [0.05, 0.1) is 0 Å². The van der Waals surface area contributed by atoms with E-state index in [9.17, 15) is 19.5 Å². The van der Waals surface area contributed by atoms with Gasteiger partial charge in [0.15, 0.2) is 12.3 Å². The Kier molecular flexibility index (Phi) is 5.09. The number of anilines is 2. The number of carboxylic acid groups (broad SMARTS) is 1. The van der Waals surface area contributed by atoms with Crippen molar-refractivity contribution in [3.8, 4) is 0 Å². The van der Waals surface area contributed by atoms with Crippen molar-refractivity contribution in [1.82, 2.24) is 0 Å². The van der Waals surface area contributed by atoms with Crippen LogP contribution in [0.2, 0.25) is 0 Å². The summed E-state index contributed by atoms with van der Waals surface area (Å²) in [5, 5.41) is 14.8. The van der Waals surface area contributed by atoms with Crippen LogP contribution in [0.1, 0.15) is 28.9 Å². The zero-order valence-corrected chi connectivity index (χ0v) is 12.4. The van der Waals surface area contributed by atoms with Gasteiger partial charge in [-0.05, 0) is 23.8 Å². The lowest BCUT2D eigenvalue weighted by molar-refractivity contribution is -0.138. The Balaban J connectivity index is 2.31. The lowest BCUT2D eigenvalue weighted by Crippen LogP contribution is -2.21. The van der Waals surface area contributed by atoms with Crippen LogP contribution < -0.4 is 10.6 Å². The number of aldehydes is 1. The molecule has 0 aromatic heterocycles. The molecule has 0 spiro atoms. The molecule has 6 nitrogen and oxygen atoms in total. The quantitative estimate of drug-likeness (QED) is 0.713. The van der Waals surface area contributed by atoms with Crippen LogP contribution in [0, 0.1) is 0 Å².